The van der Waals surface area contributed by atoms with Gasteiger partial charge in [-0.15, -0.1) is 0 Å². The first kappa shape index (κ1) is 14.1. The first-order chi connectivity index (χ1) is 9.09. The maximum Gasteiger partial charge on any atom is 0.311 e. The minimum absolute atomic E-state index is 0.191. The van der Waals surface area contributed by atoms with Gasteiger partial charge in [-0.1, -0.05) is 38.1 Å². The Morgan fingerprint density at radius 3 is 2.16 bits per heavy atom. The van der Waals surface area contributed by atoms with Gasteiger partial charge in [-0.3, -0.25) is 4.79 Å². The van der Waals surface area contributed by atoms with Crippen LogP contribution >= 0.6 is 0 Å². The second-order valence-corrected chi connectivity index (χ2v) is 5.59. The fraction of sp³-hybridized carbons (Fsp3) is 0.562. The lowest BCUT2D eigenvalue weighted by molar-refractivity contribution is -0.141. The van der Waals surface area contributed by atoms with Gasteiger partial charge in [0.15, 0.2) is 0 Å². The molecule has 1 saturated heterocycles. The van der Waals surface area contributed by atoms with Gasteiger partial charge < -0.3 is 9.84 Å². The van der Waals surface area contributed by atoms with Crippen molar-refractivity contribution in [3.8, 4) is 0 Å². The van der Waals surface area contributed by atoms with Gasteiger partial charge in [-0.05, 0) is 35.8 Å². The van der Waals surface area contributed by atoms with E-state index in [2.05, 4.69) is 26.0 Å². The molecule has 0 bridgehead atoms. The molecule has 0 aliphatic carbocycles. The molecule has 2 rings (SSSR count). The number of hydrogen-bond donors (Lipinski definition) is 1. The highest BCUT2D eigenvalue weighted by Crippen LogP contribution is 2.33. The maximum atomic E-state index is 11.6. The zero-order chi connectivity index (χ0) is 13.8. The average molecular weight is 262 g/mol. The molecule has 0 spiro atoms. The summed E-state index contributed by atoms with van der Waals surface area (Å²) in [5, 5.41) is 9.52. The Morgan fingerprint density at radius 2 is 1.68 bits per heavy atom. The van der Waals surface area contributed by atoms with E-state index in [1.165, 1.54) is 5.56 Å². The van der Waals surface area contributed by atoms with E-state index in [-0.39, 0.29) is 5.92 Å². The summed E-state index contributed by atoms with van der Waals surface area (Å²) < 4.78 is 5.32. The van der Waals surface area contributed by atoms with Crippen LogP contribution in [0, 0.1) is 5.92 Å². The summed E-state index contributed by atoms with van der Waals surface area (Å²) in [7, 11) is 0. The normalized spacial score (nSPS) is 18.5. The molecule has 104 valence electrons. The van der Waals surface area contributed by atoms with E-state index in [1.54, 1.807) is 0 Å². The molecule has 1 aliphatic heterocycles. The number of aliphatic carboxylic acids is 1. The predicted octanol–water partition coefficient (Wildman–Crippen LogP) is 3.40. The first-order valence-corrected chi connectivity index (χ1v) is 7.00. The molecule has 3 nitrogen and oxygen atoms in total. The molecule has 0 aromatic heterocycles. The Bertz CT molecular complexity index is 416. The minimum Gasteiger partial charge on any atom is -0.481 e. The number of hydrogen-bond acceptors (Lipinski definition) is 2. The van der Waals surface area contributed by atoms with Crippen molar-refractivity contribution in [1.82, 2.24) is 0 Å². The molecule has 1 aliphatic rings. The van der Waals surface area contributed by atoms with Crippen LogP contribution in [0.4, 0.5) is 0 Å². The van der Waals surface area contributed by atoms with Gasteiger partial charge in [0, 0.05) is 13.2 Å². The number of carbonyl (C=O) groups is 1. The van der Waals surface area contributed by atoms with Crippen molar-refractivity contribution in [1.29, 1.82) is 0 Å². The summed E-state index contributed by atoms with van der Waals surface area (Å²) in [6.07, 6.45) is 1.67. The molecule has 1 atom stereocenters. The average Bonchev–Trinajstić information content (AvgIpc) is 2.40. The summed E-state index contributed by atoms with van der Waals surface area (Å²) in [6.45, 7) is 5.64. The molecule has 19 heavy (non-hydrogen) atoms. The second-order valence-electron chi connectivity index (χ2n) is 5.59. The Balaban J connectivity index is 2.20. The number of carboxylic acid groups (broad SMARTS) is 1. The summed E-state index contributed by atoms with van der Waals surface area (Å²) in [4.78, 5) is 11.6. The van der Waals surface area contributed by atoms with Crippen LogP contribution in [0.1, 0.15) is 49.7 Å². The third-order valence-electron chi connectivity index (χ3n) is 3.97. The Hall–Kier alpha value is -1.35. The van der Waals surface area contributed by atoms with Gasteiger partial charge in [-0.25, -0.2) is 0 Å². The summed E-state index contributed by atoms with van der Waals surface area (Å²) in [6, 6.07) is 8.05. The van der Waals surface area contributed by atoms with Crippen LogP contribution in [-0.4, -0.2) is 24.3 Å². The largest absolute Gasteiger partial charge is 0.481 e. The van der Waals surface area contributed by atoms with E-state index >= 15 is 0 Å². The Labute approximate surface area is 114 Å². The van der Waals surface area contributed by atoms with Crippen molar-refractivity contribution in [3.63, 3.8) is 0 Å². The maximum absolute atomic E-state index is 11.6. The van der Waals surface area contributed by atoms with Crippen molar-refractivity contribution < 1.29 is 14.6 Å². The lowest BCUT2D eigenvalue weighted by atomic mass is 9.81. The number of benzene rings is 1. The molecule has 0 saturated carbocycles. The van der Waals surface area contributed by atoms with Gasteiger partial charge in [0.1, 0.15) is 0 Å². The van der Waals surface area contributed by atoms with Crippen molar-refractivity contribution in [2.45, 2.75) is 38.5 Å². The zero-order valence-electron chi connectivity index (χ0n) is 11.6. The highest BCUT2D eigenvalue weighted by Gasteiger charge is 2.31. The van der Waals surface area contributed by atoms with Crippen LogP contribution in [0.25, 0.3) is 0 Å². The third-order valence-corrected chi connectivity index (χ3v) is 3.97. The van der Waals surface area contributed by atoms with Gasteiger partial charge in [-0.2, -0.15) is 0 Å². The standard InChI is InChI=1S/C16H22O3/c1-11(2)12-3-5-13(6-4-12)15(16(17)18)14-7-9-19-10-8-14/h3-6,11,14-15H,7-10H2,1-2H3,(H,17,18). The zero-order valence-corrected chi connectivity index (χ0v) is 11.6. The van der Waals surface area contributed by atoms with Crippen LogP contribution in [0.5, 0.6) is 0 Å². The highest BCUT2D eigenvalue weighted by molar-refractivity contribution is 5.76. The SMILES string of the molecule is CC(C)c1ccc(C(C(=O)O)C2CCOCC2)cc1. The van der Waals surface area contributed by atoms with Crippen LogP contribution in [0.2, 0.25) is 0 Å². The van der Waals surface area contributed by atoms with Crippen LogP contribution in [0.3, 0.4) is 0 Å². The minimum atomic E-state index is -0.718. The van der Waals surface area contributed by atoms with Gasteiger partial charge in [0.25, 0.3) is 0 Å². The summed E-state index contributed by atoms with van der Waals surface area (Å²) in [5.41, 5.74) is 2.17. The molecule has 1 heterocycles. The van der Waals surface area contributed by atoms with Crippen LogP contribution in [-0.2, 0) is 9.53 Å². The molecule has 0 amide bonds. The number of rotatable bonds is 4. The second kappa shape index (κ2) is 6.20. The van der Waals surface area contributed by atoms with Gasteiger partial charge >= 0.3 is 5.97 Å². The molecule has 1 unspecified atom stereocenters. The van der Waals surface area contributed by atoms with Crippen LogP contribution in [0.15, 0.2) is 24.3 Å². The van der Waals surface area contributed by atoms with E-state index in [9.17, 15) is 9.90 Å². The predicted molar refractivity (Wildman–Crippen MR) is 74.5 cm³/mol. The van der Waals surface area contributed by atoms with Crippen molar-refractivity contribution >= 4 is 5.97 Å². The Morgan fingerprint density at radius 1 is 1.16 bits per heavy atom. The first-order valence-electron chi connectivity index (χ1n) is 7.00. The van der Waals surface area contributed by atoms with Crippen LogP contribution < -0.4 is 0 Å². The highest BCUT2D eigenvalue weighted by atomic mass is 16.5. The van der Waals surface area contributed by atoms with E-state index in [4.69, 9.17) is 4.74 Å². The quantitative estimate of drug-likeness (QED) is 0.904. The molecule has 0 radical (unpaired) electrons. The molecular weight excluding hydrogens is 240 g/mol. The van der Waals surface area contributed by atoms with Gasteiger partial charge in [0.05, 0.1) is 5.92 Å². The topological polar surface area (TPSA) is 46.5 Å². The lowest BCUT2D eigenvalue weighted by Crippen LogP contribution is -2.27. The van der Waals surface area contributed by atoms with E-state index in [1.807, 2.05) is 12.1 Å². The molecule has 1 aromatic rings. The van der Waals surface area contributed by atoms with E-state index in [0.29, 0.717) is 19.1 Å². The molecule has 1 fully saturated rings. The van der Waals surface area contributed by atoms with Crippen molar-refractivity contribution in [2.24, 2.45) is 5.92 Å². The smallest absolute Gasteiger partial charge is 0.311 e. The van der Waals surface area contributed by atoms with Crippen molar-refractivity contribution in [3.05, 3.63) is 35.4 Å². The molecular formula is C16H22O3. The van der Waals surface area contributed by atoms with E-state index < -0.39 is 11.9 Å². The fourth-order valence-corrected chi connectivity index (χ4v) is 2.75. The molecule has 3 heteroatoms. The number of carboxylic acids is 1. The summed E-state index contributed by atoms with van der Waals surface area (Å²) in [5.74, 6) is -0.453. The number of ether oxygens (including phenoxy) is 1. The van der Waals surface area contributed by atoms with Crippen molar-refractivity contribution in [2.75, 3.05) is 13.2 Å². The lowest BCUT2D eigenvalue weighted by Gasteiger charge is -2.28. The third kappa shape index (κ3) is 3.35. The Kier molecular flexibility index (Phi) is 4.59. The monoisotopic (exact) mass is 262 g/mol. The summed E-state index contributed by atoms with van der Waals surface area (Å²) >= 11 is 0. The fourth-order valence-electron chi connectivity index (χ4n) is 2.75. The van der Waals surface area contributed by atoms with Gasteiger partial charge in [0.2, 0.25) is 0 Å². The van der Waals surface area contributed by atoms with E-state index in [0.717, 1.165) is 18.4 Å². The molecule has 1 N–H and O–H groups in total. The molecule has 1 aromatic carbocycles.